The van der Waals surface area contributed by atoms with Gasteiger partial charge >= 0.3 is 0 Å². The molecule has 0 aromatic heterocycles. The van der Waals surface area contributed by atoms with E-state index in [-0.39, 0.29) is 6.10 Å². The van der Waals surface area contributed by atoms with Crippen molar-refractivity contribution in [1.82, 2.24) is 4.72 Å². The Kier molecular flexibility index (Phi) is 4.40. The van der Waals surface area contributed by atoms with E-state index in [0.717, 1.165) is 23.8 Å². The van der Waals surface area contributed by atoms with Crippen molar-refractivity contribution >= 4 is 10.5 Å². The lowest BCUT2D eigenvalue weighted by Gasteiger charge is -2.39. The van der Waals surface area contributed by atoms with E-state index in [1.807, 2.05) is 38.1 Å². The first-order chi connectivity index (χ1) is 8.57. The largest absolute Gasteiger partial charge is 0.491 e. The topological polar surface area (TPSA) is 30.5 Å². The molecule has 1 aromatic rings. The molecule has 1 aliphatic rings. The quantitative estimate of drug-likeness (QED) is 0.907. The molecule has 4 heteroatoms. The van der Waals surface area contributed by atoms with Gasteiger partial charge in [-0.15, -0.1) is 0 Å². The van der Waals surface area contributed by atoms with Gasteiger partial charge in [-0.25, -0.2) is 0 Å². The zero-order chi connectivity index (χ0) is 13.0. The fraction of sp³-hybridized carbons (Fsp3) is 0.571. The van der Waals surface area contributed by atoms with Crippen LogP contribution in [0.5, 0.6) is 11.5 Å². The Balaban J connectivity index is 1.97. The third kappa shape index (κ3) is 3.82. The summed E-state index contributed by atoms with van der Waals surface area (Å²) in [5.74, 6) is 2.96. The van der Waals surface area contributed by atoms with Crippen molar-refractivity contribution in [2.75, 3.05) is 18.6 Å². The normalized spacial score (nSPS) is 27.6. The fourth-order valence-corrected chi connectivity index (χ4v) is 4.15. The van der Waals surface area contributed by atoms with E-state index in [0.29, 0.717) is 0 Å². The summed E-state index contributed by atoms with van der Waals surface area (Å²) in [7, 11) is -1.12. The molecule has 1 saturated heterocycles. The van der Waals surface area contributed by atoms with Crippen molar-refractivity contribution in [3.8, 4) is 11.5 Å². The van der Waals surface area contributed by atoms with Crippen LogP contribution in [-0.4, -0.2) is 24.7 Å². The molecule has 1 heterocycles. The second-order valence-electron chi connectivity index (χ2n) is 5.03. The Hall–Kier alpha value is -0.870. The van der Waals surface area contributed by atoms with E-state index in [2.05, 4.69) is 11.0 Å². The lowest BCUT2D eigenvalue weighted by Crippen LogP contribution is -2.32. The highest BCUT2D eigenvalue weighted by atomic mass is 32.3. The molecule has 0 spiro atoms. The average Bonchev–Trinajstić information content (AvgIpc) is 2.31. The van der Waals surface area contributed by atoms with Crippen molar-refractivity contribution in [3.63, 3.8) is 0 Å². The first-order valence-electron chi connectivity index (χ1n) is 6.54. The Morgan fingerprint density at radius 1 is 1.11 bits per heavy atom. The Bertz CT molecular complexity index is 372. The van der Waals surface area contributed by atoms with Gasteiger partial charge in [-0.3, -0.25) is 4.72 Å². The molecule has 102 valence electrons. The van der Waals surface area contributed by atoms with Gasteiger partial charge in [0.05, 0.1) is 6.10 Å². The molecule has 0 saturated carbocycles. The summed E-state index contributed by atoms with van der Waals surface area (Å²) in [6.07, 6.45) is 4.92. The standard InChI is InChI=1S/C14H23NO2S/c1-12(2)16-13-6-8-14(9-7-13)17-18(3)11-5-4-10-15-18/h6-9,12,15H,4-5,10-11H2,1-3H3. The second kappa shape index (κ2) is 5.85. The van der Waals surface area contributed by atoms with Crippen LogP contribution in [0.2, 0.25) is 0 Å². The van der Waals surface area contributed by atoms with Crippen LogP contribution in [0.3, 0.4) is 0 Å². The molecule has 2 rings (SSSR count). The molecule has 0 bridgehead atoms. The van der Waals surface area contributed by atoms with Crippen LogP contribution in [0.15, 0.2) is 24.3 Å². The number of benzene rings is 1. The number of hydrogen-bond donors (Lipinski definition) is 1. The van der Waals surface area contributed by atoms with Gasteiger partial charge in [0.25, 0.3) is 0 Å². The summed E-state index contributed by atoms with van der Waals surface area (Å²) in [4.78, 5) is 0. The van der Waals surface area contributed by atoms with Gasteiger partial charge in [-0.05, 0) is 61.4 Å². The fourth-order valence-electron chi connectivity index (χ4n) is 1.99. The van der Waals surface area contributed by atoms with Crippen LogP contribution in [0.4, 0.5) is 0 Å². The van der Waals surface area contributed by atoms with Crippen molar-refractivity contribution in [3.05, 3.63) is 24.3 Å². The van der Waals surface area contributed by atoms with Crippen molar-refractivity contribution in [2.24, 2.45) is 0 Å². The Morgan fingerprint density at radius 2 is 1.78 bits per heavy atom. The zero-order valence-corrected chi connectivity index (χ0v) is 12.3. The number of rotatable bonds is 4. The SMILES string of the molecule is CC(C)Oc1ccc(OS2(C)CCCCN2)cc1. The zero-order valence-electron chi connectivity index (χ0n) is 11.4. The average molecular weight is 269 g/mol. The summed E-state index contributed by atoms with van der Waals surface area (Å²) >= 11 is 0. The van der Waals surface area contributed by atoms with Crippen LogP contribution >= 0.6 is 10.5 Å². The second-order valence-corrected chi connectivity index (χ2v) is 7.91. The predicted molar refractivity (Wildman–Crippen MR) is 78.5 cm³/mol. The summed E-state index contributed by atoms with van der Waals surface area (Å²) in [6, 6.07) is 7.93. The van der Waals surface area contributed by atoms with Gasteiger partial charge in [-0.1, -0.05) is 0 Å². The summed E-state index contributed by atoms with van der Waals surface area (Å²) < 4.78 is 15.3. The van der Waals surface area contributed by atoms with E-state index >= 15 is 0 Å². The molecule has 3 nitrogen and oxygen atoms in total. The van der Waals surface area contributed by atoms with Crippen LogP contribution in [0.25, 0.3) is 0 Å². The Morgan fingerprint density at radius 3 is 2.33 bits per heavy atom. The van der Waals surface area contributed by atoms with E-state index in [9.17, 15) is 0 Å². The maximum atomic E-state index is 6.12. The minimum atomic E-state index is -1.12. The molecule has 1 fully saturated rings. The van der Waals surface area contributed by atoms with Crippen molar-refractivity contribution < 1.29 is 8.92 Å². The summed E-state index contributed by atoms with van der Waals surface area (Å²) in [5, 5.41) is 0. The maximum absolute atomic E-state index is 6.12. The maximum Gasteiger partial charge on any atom is 0.136 e. The van der Waals surface area contributed by atoms with Crippen LogP contribution in [0, 0.1) is 0 Å². The monoisotopic (exact) mass is 269 g/mol. The van der Waals surface area contributed by atoms with Gasteiger partial charge in [0, 0.05) is 18.6 Å². The minimum Gasteiger partial charge on any atom is -0.491 e. The first-order valence-corrected chi connectivity index (χ1v) is 8.68. The molecule has 0 aliphatic carbocycles. The predicted octanol–water partition coefficient (Wildman–Crippen LogP) is 3.50. The van der Waals surface area contributed by atoms with Crippen LogP contribution < -0.4 is 13.6 Å². The molecular formula is C14H23NO2S. The molecule has 18 heavy (non-hydrogen) atoms. The summed E-state index contributed by atoms with van der Waals surface area (Å²) in [6.45, 7) is 5.13. The molecule has 1 aliphatic heterocycles. The molecule has 1 unspecified atom stereocenters. The highest BCUT2D eigenvalue weighted by molar-refractivity contribution is 8.28. The smallest absolute Gasteiger partial charge is 0.136 e. The van der Waals surface area contributed by atoms with E-state index < -0.39 is 10.5 Å². The van der Waals surface area contributed by atoms with Crippen LogP contribution in [0.1, 0.15) is 26.7 Å². The first kappa shape index (κ1) is 13.6. The lowest BCUT2D eigenvalue weighted by molar-refractivity contribution is 0.242. The van der Waals surface area contributed by atoms with Gasteiger partial charge in [-0.2, -0.15) is 0 Å². The van der Waals surface area contributed by atoms with Gasteiger partial charge in [0.2, 0.25) is 0 Å². The number of ether oxygens (including phenoxy) is 1. The lowest BCUT2D eigenvalue weighted by atomic mass is 10.3. The van der Waals surface area contributed by atoms with Crippen LogP contribution in [-0.2, 0) is 0 Å². The van der Waals surface area contributed by atoms with Crippen molar-refractivity contribution in [1.29, 1.82) is 0 Å². The molecule has 0 amide bonds. The van der Waals surface area contributed by atoms with Crippen molar-refractivity contribution in [2.45, 2.75) is 32.8 Å². The third-order valence-electron chi connectivity index (χ3n) is 2.84. The molecular weight excluding hydrogens is 246 g/mol. The van der Waals surface area contributed by atoms with Gasteiger partial charge in [0.1, 0.15) is 11.5 Å². The highest BCUT2D eigenvalue weighted by Gasteiger charge is 2.22. The summed E-state index contributed by atoms with van der Waals surface area (Å²) in [5.41, 5.74) is 0. The molecule has 0 radical (unpaired) electrons. The third-order valence-corrected chi connectivity index (χ3v) is 5.29. The minimum absolute atomic E-state index is 0.208. The number of nitrogens with one attached hydrogen (secondary N) is 1. The highest BCUT2D eigenvalue weighted by Crippen LogP contribution is 2.44. The van der Waals surface area contributed by atoms with Gasteiger partial charge in [0.15, 0.2) is 0 Å². The van der Waals surface area contributed by atoms with E-state index in [1.54, 1.807) is 0 Å². The molecule has 1 atom stereocenters. The molecule has 1 N–H and O–H groups in total. The Labute approximate surface area is 112 Å². The van der Waals surface area contributed by atoms with Gasteiger partial charge < -0.3 is 8.92 Å². The number of hydrogen-bond acceptors (Lipinski definition) is 3. The molecule has 1 aromatic carbocycles. The van der Waals surface area contributed by atoms with E-state index in [4.69, 9.17) is 8.92 Å². The van der Waals surface area contributed by atoms with E-state index in [1.165, 1.54) is 12.8 Å².